The maximum atomic E-state index is 2.62. The van der Waals surface area contributed by atoms with Crippen LogP contribution in [0, 0.1) is 35.5 Å². The quantitative estimate of drug-likeness (QED) is 0.341. The lowest BCUT2D eigenvalue weighted by Gasteiger charge is -2.40. The Kier molecular flexibility index (Phi) is 10.0. The molecule has 1 aromatic rings. The summed E-state index contributed by atoms with van der Waals surface area (Å²) in [6.07, 6.45) is 23.4. The van der Waals surface area contributed by atoms with Crippen molar-refractivity contribution in [1.82, 2.24) is 0 Å². The molecule has 0 spiro atoms. The highest BCUT2D eigenvalue weighted by atomic mass is 14.4. The first-order valence-corrected chi connectivity index (χ1v) is 15.7. The smallest absolute Gasteiger partial charge is 0.0162 e. The zero-order valence-electron chi connectivity index (χ0n) is 23.2. The summed E-state index contributed by atoms with van der Waals surface area (Å²) in [5.41, 5.74) is 3.23. The van der Waals surface area contributed by atoms with Gasteiger partial charge in [-0.15, -0.1) is 0 Å². The minimum Gasteiger partial charge on any atom is -0.0654 e. The average Bonchev–Trinajstić information content (AvgIpc) is 2.89. The molecule has 3 aliphatic rings. The van der Waals surface area contributed by atoms with Gasteiger partial charge in [-0.1, -0.05) is 90.5 Å². The van der Waals surface area contributed by atoms with Crippen LogP contribution in [0.2, 0.25) is 0 Å². The summed E-state index contributed by atoms with van der Waals surface area (Å²) in [4.78, 5) is 0. The summed E-state index contributed by atoms with van der Waals surface area (Å²) in [7, 11) is 0. The maximum absolute atomic E-state index is 2.62. The molecule has 3 saturated carbocycles. The van der Waals surface area contributed by atoms with Gasteiger partial charge in [0.15, 0.2) is 0 Å². The van der Waals surface area contributed by atoms with Crippen molar-refractivity contribution in [2.75, 3.05) is 0 Å². The summed E-state index contributed by atoms with van der Waals surface area (Å²) >= 11 is 0. The van der Waals surface area contributed by atoms with Crippen LogP contribution in [0.3, 0.4) is 0 Å². The molecule has 0 nitrogen and oxygen atoms in total. The standard InChI is InChI=1S/C34H56/c1-5-7-27-9-13-29(14-10-27)25(3)30-17-19-31(20-18-30)26(4)32-21-23-34(24-22-32)33-15-11-28(8-6-2)12-16-33/h21-31,33H,5-20H2,1-4H3/t25?,26?,27?,28-,29?,30?,31?,33-. The van der Waals surface area contributed by atoms with Gasteiger partial charge in [-0.2, -0.15) is 0 Å². The van der Waals surface area contributed by atoms with Crippen LogP contribution >= 0.6 is 0 Å². The van der Waals surface area contributed by atoms with E-state index < -0.39 is 0 Å². The van der Waals surface area contributed by atoms with Crippen molar-refractivity contribution in [2.45, 2.75) is 142 Å². The molecule has 0 bridgehead atoms. The van der Waals surface area contributed by atoms with Gasteiger partial charge in [0.2, 0.25) is 0 Å². The van der Waals surface area contributed by atoms with Gasteiger partial charge in [-0.25, -0.2) is 0 Å². The van der Waals surface area contributed by atoms with Crippen molar-refractivity contribution in [1.29, 1.82) is 0 Å². The molecule has 0 radical (unpaired) electrons. The third-order valence-electron chi connectivity index (χ3n) is 11.1. The number of hydrogen-bond donors (Lipinski definition) is 0. The first-order chi connectivity index (χ1) is 16.6. The first kappa shape index (κ1) is 26.3. The van der Waals surface area contributed by atoms with Gasteiger partial charge >= 0.3 is 0 Å². The van der Waals surface area contributed by atoms with Gasteiger partial charge in [0.05, 0.1) is 0 Å². The molecule has 2 unspecified atom stereocenters. The normalized spacial score (nSPS) is 34.5. The minimum absolute atomic E-state index is 0.732. The highest BCUT2D eigenvalue weighted by molar-refractivity contribution is 5.28. The van der Waals surface area contributed by atoms with Crippen molar-refractivity contribution in [2.24, 2.45) is 35.5 Å². The Morgan fingerprint density at radius 2 is 1.03 bits per heavy atom. The fourth-order valence-corrected chi connectivity index (χ4v) is 8.50. The molecule has 1 aromatic carbocycles. The highest BCUT2D eigenvalue weighted by Crippen LogP contribution is 2.45. The van der Waals surface area contributed by atoms with E-state index in [9.17, 15) is 0 Å². The Bertz CT molecular complexity index is 677. The van der Waals surface area contributed by atoms with E-state index >= 15 is 0 Å². The third kappa shape index (κ3) is 6.70. The molecule has 3 fully saturated rings. The van der Waals surface area contributed by atoms with E-state index in [1.54, 1.807) is 11.1 Å². The molecular formula is C34H56. The Labute approximate surface area is 213 Å². The summed E-state index contributed by atoms with van der Waals surface area (Å²) < 4.78 is 0. The fraction of sp³-hybridized carbons (Fsp3) is 0.824. The second-order valence-electron chi connectivity index (χ2n) is 13.1. The van der Waals surface area contributed by atoms with E-state index in [0.717, 1.165) is 47.3 Å². The Balaban J connectivity index is 1.22. The first-order valence-electron chi connectivity index (χ1n) is 15.7. The molecule has 34 heavy (non-hydrogen) atoms. The molecule has 0 N–H and O–H groups in total. The molecule has 0 amide bonds. The van der Waals surface area contributed by atoms with Gasteiger partial charge < -0.3 is 0 Å². The van der Waals surface area contributed by atoms with Crippen molar-refractivity contribution in [3.63, 3.8) is 0 Å². The molecule has 2 atom stereocenters. The van der Waals surface area contributed by atoms with Crippen LogP contribution < -0.4 is 0 Å². The Morgan fingerprint density at radius 1 is 0.588 bits per heavy atom. The molecule has 0 aromatic heterocycles. The van der Waals surface area contributed by atoms with Gasteiger partial charge in [0.1, 0.15) is 0 Å². The molecule has 0 aliphatic heterocycles. The van der Waals surface area contributed by atoms with Crippen molar-refractivity contribution >= 4 is 0 Å². The van der Waals surface area contributed by atoms with Crippen molar-refractivity contribution in [3.8, 4) is 0 Å². The lowest BCUT2D eigenvalue weighted by Crippen LogP contribution is -2.29. The summed E-state index contributed by atoms with van der Waals surface area (Å²) in [6, 6.07) is 10.0. The molecule has 0 heteroatoms. The molecule has 0 saturated heterocycles. The lowest BCUT2D eigenvalue weighted by molar-refractivity contribution is 0.118. The van der Waals surface area contributed by atoms with E-state index in [4.69, 9.17) is 0 Å². The second-order valence-corrected chi connectivity index (χ2v) is 13.1. The van der Waals surface area contributed by atoms with Crippen LogP contribution in [0.5, 0.6) is 0 Å². The topological polar surface area (TPSA) is 0 Å². The third-order valence-corrected chi connectivity index (χ3v) is 11.1. The van der Waals surface area contributed by atoms with Crippen molar-refractivity contribution < 1.29 is 0 Å². The fourth-order valence-electron chi connectivity index (χ4n) is 8.50. The number of hydrogen-bond acceptors (Lipinski definition) is 0. The van der Waals surface area contributed by atoms with Gasteiger partial charge in [-0.05, 0) is 123 Å². The van der Waals surface area contributed by atoms with Crippen LogP contribution in [0.15, 0.2) is 24.3 Å². The SMILES string of the molecule is CCCC1CCC(C(C)C2CCC(C(C)c3ccc([C@H]4CC[C@H](CCC)CC4)cc3)CC2)CC1. The summed E-state index contributed by atoms with van der Waals surface area (Å²) in [5.74, 6) is 7.51. The Morgan fingerprint density at radius 3 is 1.53 bits per heavy atom. The van der Waals surface area contributed by atoms with Crippen molar-refractivity contribution in [3.05, 3.63) is 35.4 Å². The zero-order valence-corrected chi connectivity index (χ0v) is 23.2. The number of rotatable bonds is 9. The highest BCUT2D eigenvalue weighted by Gasteiger charge is 2.33. The minimum atomic E-state index is 0.732. The largest absolute Gasteiger partial charge is 0.0654 e. The van der Waals surface area contributed by atoms with Crippen LogP contribution in [0.25, 0.3) is 0 Å². The van der Waals surface area contributed by atoms with E-state index in [1.807, 2.05) is 0 Å². The van der Waals surface area contributed by atoms with E-state index in [0.29, 0.717) is 0 Å². The van der Waals surface area contributed by atoms with Gasteiger partial charge in [0, 0.05) is 0 Å². The zero-order chi connectivity index (χ0) is 23.9. The molecular weight excluding hydrogens is 408 g/mol. The second kappa shape index (κ2) is 13.0. The molecule has 3 aliphatic carbocycles. The summed E-state index contributed by atoms with van der Waals surface area (Å²) in [5, 5.41) is 0. The Hall–Kier alpha value is -0.780. The predicted octanol–water partition coefficient (Wildman–Crippen LogP) is 10.9. The van der Waals surface area contributed by atoms with Crippen LogP contribution in [0.4, 0.5) is 0 Å². The van der Waals surface area contributed by atoms with E-state index in [-0.39, 0.29) is 0 Å². The monoisotopic (exact) mass is 464 g/mol. The summed E-state index contributed by atoms with van der Waals surface area (Å²) in [6.45, 7) is 9.85. The van der Waals surface area contributed by atoms with E-state index in [1.165, 1.54) is 103 Å². The van der Waals surface area contributed by atoms with Crippen LogP contribution in [-0.2, 0) is 0 Å². The maximum Gasteiger partial charge on any atom is -0.0162 e. The number of benzene rings is 1. The van der Waals surface area contributed by atoms with Crippen LogP contribution in [0.1, 0.15) is 153 Å². The van der Waals surface area contributed by atoms with Gasteiger partial charge in [-0.3, -0.25) is 0 Å². The average molecular weight is 465 g/mol. The van der Waals surface area contributed by atoms with Crippen LogP contribution in [-0.4, -0.2) is 0 Å². The lowest BCUT2D eigenvalue weighted by atomic mass is 9.65. The molecule has 192 valence electrons. The van der Waals surface area contributed by atoms with E-state index in [2.05, 4.69) is 52.0 Å². The molecule has 4 rings (SSSR count). The molecule has 0 heterocycles. The predicted molar refractivity (Wildman–Crippen MR) is 149 cm³/mol. The van der Waals surface area contributed by atoms with Gasteiger partial charge in [0.25, 0.3) is 0 Å².